The molecule has 1 aliphatic rings. The fourth-order valence-electron chi connectivity index (χ4n) is 2.92. The van der Waals surface area contributed by atoms with E-state index in [0.29, 0.717) is 18.8 Å². The lowest BCUT2D eigenvalue weighted by Crippen LogP contribution is -2.40. The van der Waals surface area contributed by atoms with Gasteiger partial charge < -0.3 is 15.0 Å². The zero-order valence-corrected chi connectivity index (χ0v) is 16.6. The van der Waals surface area contributed by atoms with E-state index in [-0.39, 0.29) is 24.3 Å². The fraction of sp³-hybridized carbons (Fsp3) is 0.684. The second kappa shape index (κ2) is 10.9. The van der Waals surface area contributed by atoms with Gasteiger partial charge in [0.2, 0.25) is 5.91 Å². The van der Waals surface area contributed by atoms with Crippen LogP contribution in [0.15, 0.2) is 12.4 Å². The predicted octanol–water partition coefficient (Wildman–Crippen LogP) is 0.864. The summed E-state index contributed by atoms with van der Waals surface area (Å²) in [6.45, 7) is 10.9. The lowest BCUT2D eigenvalue weighted by atomic mass is 10.2. The van der Waals surface area contributed by atoms with Crippen LogP contribution in [0.4, 0.5) is 0 Å². The Morgan fingerprint density at radius 1 is 1.22 bits per heavy atom. The molecule has 1 fully saturated rings. The molecular weight excluding hydrogens is 346 g/mol. The van der Waals surface area contributed by atoms with E-state index in [1.54, 1.807) is 11.1 Å². The maximum atomic E-state index is 12.8. The van der Waals surface area contributed by atoms with Crippen molar-refractivity contribution >= 4 is 11.8 Å². The summed E-state index contributed by atoms with van der Waals surface area (Å²) in [4.78, 5) is 37.2. The van der Waals surface area contributed by atoms with Gasteiger partial charge in [0.1, 0.15) is 5.69 Å². The summed E-state index contributed by atoms with van der Waals surface area (Å²) in [5, 5.41) is 2.87. The van der Waals surface area contributed by atoms with Gasteiger partial charge in [0.25, 0.3) is 5.91 Å². The molecule has 0 radical (unpaired) electrons. The number of morpholine rings is 1. The summed E-state index contributed by atoms with van der Waals surface area (Å²) in [7, 11) is 0. The number of aryl methyl sites for hydroxylation is 1. The standard InChI is InChI=1S/C19H31N5O3/c1-15(2)22-18(25)5-8-24(7-4-6-23-9-11-27-12-10-23)19(26)17-14-20-16(3)13-21-17/h13-15H,4-12H2,1-3H3,(H,22,25). The zero-order valence-electron chi connectivity index (χ0n) is 16.6. The third-order valence-electron chi connectivity index (χ3n) is 4.35. The van der Waals surface area contributed by atoms with E-state index in [0.717, 1.165) is 45.0 Å². The van der Waals surface area contributed by atoms with Gasteiger partial charge in [-0.3, -0.25) is 19.5 Å². The number of rotatable bonds is 9. The highest BCUT2D eigenvalue weighted by molar-refractivity contribution is 5.92. The molecule has 0 spiro atoms. The van der Waals surface area contributed by atoms with Crippen LogP contribution in [-0.2, 0) is 9.53 Å². The molecule has 0 saturated carbocycles. The van der Waals surface area contributed by atoms with E-state index in [2.05, 4.69) is 20.2 Å². The van der Waals surface area contributed by atoms with Crippen molar-refractivity contribution in [2.45, 2.75) is 39.7 Å². The van der Waals surface area contributed by atoms with Crippen molar-refractivity contribution in [1.82, 2.24) is 25.1 Å². The number of aromatic nitrogens is 2. The van der Waals surface area contributed by atoms with Crippen molar-refractivity contribution in [2.75, 3.05) is 45.9 Å². The summed E-state index contributed by atoms with van der Waals surface area (Å²) in [6, 6.07) is 0.0888. The first-order chi connectivity index (χ1) is 13.0. The Hall–Kier alpha value is -2.06. The molecule has 0 aliphatic carbocycles. The summed E-state index contributed by atoms with van der Waals surface area (Å²) in [5.41, 5.74) is 1.08. The highest BCUT2D eigenvalue weighted by atomic mass is 16.5. The smallest absolute Gasteiger partial charge is 0.274 e. The summed E-state index contributed by atoms with van der Waals surface area (Å²) >= 11 is 0. The Bertz CT molecular complexity index is 600. The Kier molecular flexibility index (Phi) is 8.60. The molecule has 0 atom stereocenters. The van der Waals surface area contributed by atoms with Crippen LogP contribution in [0.3, 0.4) is 0 Å². The van der Waals surface area contributed by atoms with Crippen LogP contribution < -0.4 is 5.32 Å². The number of carbonyl (C=O) groups is 2. The molecule has 8 heteroatoms. The molecule has 1 aromatic rings. The third-order valence-corrected chi connectivity index (χ3v) is 4.35. The summed E-state index contributed by atoms with van der Waals surface area (Å²) in [5.74, 6) is -0.229. The molecule has 2 rings (SSSR count). The second-order valence-electron chi connectivity index (χ2n) is 7.12. The highest BCUT2D eigenvalue weighted by Gasteiger charge is 2.19. The van der Waals surface area contributed by atoms with Crippen LogP contribution in [-0.4, -0.2) is 83.6 Å². The van der Waals surface area contributed by atoms with Gasteiger partial charge in [-0.15, -0.1) is 0 Å². The number of nitrogens with zero attached hydrogens (tertiary/aromatic N) is 4. The van der Waals surface area contributed by atoms with E-state index < -0.39 is 0 Å². The van der Waals surface area contributed by atoms with E-state index in [1.807, 2.05) is 20.8 Å². The first-order valence-corrected chi connectivity index (χ1v) is 9.63. The molecule has 1 saturated heterocycles. The number of nitrogens with one attached hydrogen (secondary N) is 1. The van der Waals surface area contributed by atoms with Crippen LogP contribution in [0.5, 0.6) is 0 Å². The number of hydrogen-bond donors (Lipinski definition) is 1. The number of hydrogen-bond acceptors (Lipinski definition) is 6. The van der Waals surface area contributed by atoms with Crippen molar-refractivity contribution in [3.8, 4) is 0 Å². The number of carbonyl (C=O) groups excluding carboxylic acids is 2. The molecule has 1 N–H and O–H groups in total. The fourth-order valence-corrected chi connectivity index (χ4v) is 2.92. The minimum Gasteiger partial charge on any atom is -0.379 e. The number of amides is 2. The SMILES string of the molecule is Cc1cnc(C(=O)N(CCCN2CCOCC2)CCC(=O)NC(C)C)cn1. The molecule has 150 valence electrons. The van der Waals surface area contributed by atoms with E-state index >= 15 is 0 Å². The van der Waals surface area contributed by atoms with Gasteiger partial charge >= 0.3 is 0 Å². The molecule has 0 bridgehead atoms. The lowest BCUT2D eigenvalue weighted by Gasteiger charge is -2.28. The summed E-state index contributed by atoms with van der Waals surface area (Å²) in [6.07, 6.45) is 4.21. The maximum absolute atomic E-state index is 12.8. The van der Waals surface area contributed by atoms with Gasteiger partial charge in [-0.05, 0) is 27.2 Å². The molecule has 1 aliphatic heterocycles. The molecule has 2 heterocycles. The van der Waals surface area contributed by atoms with E-state index in [9.17, 15) is 9.59 Å². The van der Waals surface area contributed by atoms with Crippen LogP contribution in [0.2, 0.25) is 0 Å². The monoisotopic (exact) mass is 377 g/mol. The van der Waals surface area contributed by atoms with Crippen molar-refractivity contribution in [1.29, 1.82) is 0 Å². The zero-order chi connectivity index (χ0) is 19.6. The first kappa shape index (κ1) is 21.2. The minimum atomic E-state index is -0.179. The van der Waals surface area contributed by atoms with Crippen LogP contribution in [0.1, 0.15) is 42.9 Å². The maximum Gasteiger partial charge on any atom is 0.274 e. The largest absolute Gasteiger partial charge is 0.379 e. The van der Waals surface area contributed by atoms with Gasteiger partial charge in [-0.1, -0.05) is 0 Å². The topological polar surface area (TPSA) is 87.7 Å². The third kappa shape index (κ3) is 7.60. The van der Waals surface area contributed by atoms with Crippen molar-refractivity contribution in [3.63, 3.8) is 0 Å². The molecule has 0 unspecified atom stereocenters. The van der Waals surface area contributed by atoms with Gasteiger partial charge in [0.05, 0.1) is 25.1 Å². The quantitative estimate of drug-likeness (QED) is 0.687. The predicted molar refractivity (Wildman–Crippen MR) is 102 cm³/mol. The molecule has 2 amide bonds. The molecule has 1 aromatic heterocycles. The Morgan fingerprint density at radius 2 is 1.96 bits per heavy atom. The van der Waals surface area contributed by atoms with Gasteiger partial charge in [-0.25, -0.2) is 4.98 Å². The van der Waals surface area contributed by atoms with Crippen molar-refractivity contribution in [2.24, 2.45) is 0 Å². The highest BCUT2D eigenvalue weighted by Crippen LogP contribution is 2.06. The summed E-state index contributed by atoms with van der Waals surface area (Å²) < 4.78 is 5.36. The first-order valence-electron chi connectivity index (χ1n) is 9.63. The van der Waals surface area contributed by atoms with E-state index in [4.69, 9.17) is 4.74 Å². The van der Waals surface area contributed by atoms with Gasteiger partial charge in [-0.2, -0.15) is 0 Å². The van der Waals surface area contributed by atoms with Gasteiger partial charge in [0.15, 0.2) is 0 Å². The Morgan fingerprint density at radius 3 is 2.59 bits per heavy atom. The molecule has 27 heavy (non-hydrogen) atoms. The molecular formula is C19H31N5O3. The average Bonchev–Trinajstić information content (AvgIpc) is 2.65. The van der Waals surface area contributed by atoms with Crippen molar-refractivity contribution < 1.29 is 14.3 Å². The Labute approximate surface area is 161 Å². The average molecular weight is 377 g/mol. The van der Waals surface area contributed by atoms with Gasteiger partial charge in [0, 0.05) is 51.4 Å². The van der Waals surface area contributed by atoms with Crippen LogP contribution in [0, 0.1) is 6.92 Å². The minimum absolute atomic E-state index is 0.0500. The normalized spacial score (nSPS) is 15.0. The lowest BCUT2D eigenvalue weighted by molar-refractivity contribution is -0.121. The Balaban J connectivity index is 1.92. The number of ether oxygens (including phenoxy) is 1. The van der Waals surface area contributed by atoms with E-state index in [1.165, 1.54) is 6.20 Å². The second-order valence-corrected chi connectivity index (χ2v) is 7.12. The van der Waals surface area contributed by atoms with Crippen LogP contribution in [0.25, 0.3) is 0 Å². The molecule has 8 nitrogen and oxygen atoms in total. The van der Waals surface area contributed by atoms with Crippen molar-refractivity contribution in [3.05, 3.63) is 23.8 Å². The van der Waals surface area contributed by atoms with Crippen LogP contribution >= 0.6 is 0 Å². The molecule has 0 aromatic carbocycles.